The summed E-state index contributed by atoms with van der Waals surface area (Å²) in [6.45, 7) is 5.86. The molecule has 1 fully saturated rings. The third-order valence-corrected chi connectivity index (χ3v) is 7.03. The zero-order valence-electron chi connectivity index (χ0n) is 17.9. The number of aliphatic carboxylic acids is 1. The van der Waals surface area contributed by atoms with Gasteiger partial charge in [0.1, 0.15) is 11.9 Å². The van der Waals surface area contributed by atoms with Crippen molar-refractivity contribution in [2.45, 2.75) is 57.8 Å². The van der Waals surface area contributed by atoms with Crippen LogP contribution in [0.15, 0.2) is 40.6 Å². The minimum absolute atomic E-state index is 0.0195. The van der Waals surface area contributed by atoms with Crippen LogP contribution in [0.3, 0.4) is 0 Å². The number of hydrogen-bond acceptors (Lipinski definition) is 3. The average molecular weight is 485 g/mol. The summed E-state index contributed by atoms with van der Waals surface area (Å²) in [4.78, 5) is 25.3. The van der Waals surface area contributed by atoms with E-state index in [9.17, 15) is 14.7 Å². The molecule has 1 aromatic carbocycles. The molecule has 0 bridgehead atoms. The minimum Gasteiger partial charge on any atom is -0.480 e. The summed E-state index contributed by atoms with van der Waals surface area (Å²) in [5.41, 5.74) is -4.47. The van der Waals surface area contributed by atoms with E-state index in [2.05, 4.69) is 10.6 Å². The molecule has 1 spiro atoms. The van der Waals surface area contributed by atoms with E-state index in [0.29, 0.717) is 6.42 Å². The summed E-state index contributed by atoms with van der Waals surface area (Å²) in [6, 6.07) is 2.29. The van der Waals surface area contributed by atoms with Gasteiger partial charge in [-0.05, 0) is 30.4 Å². The van der Waals surface area contributed by atoms with Crippen molar-refractivity contribution in [1.82, 2.24) is 10.6 Å². The van der Waals surface area contributed by atoms with Crippen molar-refractivity contribution in [3.8, 4) is 0 Å². The van der Waals surface area contributed by atoms with Crippen LogP contribution >= 0.6 is 23.2 Å². The summed E-state index contributed by atoms with van der Waals surface area (Å²) >= 11 is 12.2. The van der Waals surface area contributed by atoms with Crippen molar-refractivity contribution in [2.75, 3.05) is 0 Å². The van der Waals surface area contributed by atoms with Gasteiger partial charge in [-0.2, -0.15) is 0 Å². The van der Waals surface area contributed by atoms with Gasteiger partial charge in [-0.15, -0.1) is 0 Å². The molecule has 0 radical (unpaired) electrons. The zero-order valence-corrected chi connectivity index (χ0v) is 19.4. The van der Waals surface area contributed by atoms with Gasteiger partial charge in [0.2, 0.25) is 5.91 Å². The number of halogens is 4. The highest BCUT2D eigenvalue weighted by Gasteiger charge is 2.66. The predicted octanol–water partition coefficient (Wildman–Crippen LogP) is 4.79. The molecule has 0 saturated carbocycles. The molecular formula is C23H24Cl2F2N2O3. The van der Waals surface area contributed by atoms with Crippen molar-refractivity contribution in [2.24, 2.45) is 10.8 Å². The van der Waals surface area contributed by atoms with Crippen molar-refractivity contribution in [3.63, 3.8) is 0 Å². The van der Waals surface area contributed by atoms with Crippen LogP contribution in [0.5, 0.6) is 0 Å². The van der Waals surface area contributed by atoms with Gasteiger partial charge < -0.3 is 15.7 Å². The van der Waals surface area contributed by atoms with Crippen molar-refractivity contribution in [1.29, 1.82) is 0 Å². The van der Waals surface area contributed by atoms with E-state index in [1.165, 1.54) is 24.3 Å². The quantitative estimate of drug-likeness (QED) is 0.576. The Hall–Kier alpha value is -1.96. The van der Waals surface area contributed by atoms with Gasteiger partial charge in [-0.1, -0.05) is 56.1 Å². The molecule has 1 saturated heterocycles. The van der Waals surface area contributed by atoms with Crippen LogP contribution in [0, 0.1) is 16.6 Å². The van der Waals surface area contributed by atoms with E-state index in [1.807, 2.05) is 20.8 Å². The molecule has 3 aliphatic rings. The molecule has 1 aliphatic carbocycles. The fraction of sp³-hybridized carbons (Fsp3) is 0.478. The summed E-state index contributed by atoms with van der Waals surface area (Å²) in [5.74, 6) is -2.58. The number of allylic oxidation sites excluding steroid dienone is 2. The smallest absolute Gasteiger partial charge is 0.320 e. The van der Waals surface area contributed by atoms with Gasteiger partial charge in [-0.25, -0.2) is 8.78 Å². The van der Waals surface area contributed by atoms with E-state index in [1.54, 1.807) is 0 Å². The number of fused-ring (bicyclic) bond motifs is 1. The van der Waals surface area contributed by atoms with E-state index in [0.717, 1.165) is 0 Å². The minimum atomic E-state index is -2.49. The first-order valence-corrected chi connectivity index (χ1v) is 11.1. The second-order valence-electron chi connectivity index (χ2n) is 9.96. The van der Waals surface area contributed by atoms with Crippen LogP contribution in [-0.2, 0) is 15.3 Å². The SMILES string of the molecule is CC(C)(C)C[C@@H]1N[C@@H](C(=O)O)CC12C(=O)NC1=C2[C@](F)(c2cccc(Cl)c2F)CC(Cl)=C1. The number of benzene rings is 1. The van der Waals surface area contributed by atoms with Gasteiger partial charge in [0.05, 0.1) is 10.4 Å². The number of nitrogens with one attached hydrogen (secondary N) is 2. The number of amides is 1. The molecule has 9 heteroatoms. The first-order chi connectivity index (χ1) is 14.8. The molecule has 4 rings (SSSR count). The molecular weight excluding hydrogens is 461 g/mol. The van der Waals surface area contributed by atoms with E-state index < -0.39 is 40.9 Å². The molecule has 1 aromatic rings. The van der Waals surface area contributed by atoms with Crippen LogP contribution < -0.4 is 10.6 Å². The van der Waals surface area contributed by atoms with Gasteiger partial charge in [0.15, 0.2) is 5.67 Å². The fourth-order valence-corrected chi connectivity index (χ4v) is 5.80. The number of rotatable bonds is 3. The number of carbonyl (C=O) groups is 2. The Morgan fingerprint density at radius 3 is 2.62 bits per heavy atom. The number of carboxylic acids is 1. The Labute approximate surface area is 194 Å². The largest absolute Gasteiger partial charge is 0.480 e. The summed E-state index contributed by atoms with van der Waals surface area (Å²) < 4.78 is 32.2. The monoisotopic (exact) mass is 484 g/mol. The number of carbonyl (C=O) groups excluding carboxylic acids is 1. The number of alkyl halides is 1. The highest BCUT2D eigenvalue weighted by atomic mass is 35.5. The normalized spacial score (nSPS) is 32.2. The van der Waals surface area contributed by atoms with E-state index in [4.69, 9.17) is 23.2 Å². The first-order valence-electron chi connectivity index (χ1n) is 10.3. The third kappa shape index (κ3) is 3.45. The average Bonchev–Trinajstić information content (AvgIpc) is 3.15. The Morgan fingerprint density at radius 1 is 1.31 bits per heavy atom. The van der Waals surface area contributed by atoms with Crippen LogP contribution in [0.1, 0.15) is 45.6 Å². The lowest BCUT2D eigenvalue weighted by Crippen LogP contribution is -2.49. The molecule has 2 aliphatic heterocycles. The van der Waals surface area contributed by atoms with Gasteiger partial charge in [0.25, 0.3) is 0 Å². The van der Waals surface area contributed by atoms with Crippen LogP contribution in [0.2, 0.25) is 5.02 Å². The second kappa shape index (κ2) is 7.54. The maximum absolute atomic E-state index is 17.1. The molecule has 32 heavy (non-hydrogen) atoms. The highest BCUT2D eigenvalue weighted by Crippen LogP contribution is 2.60. The van der Waals surface area contributed by atoms with Gasteiger partial charge >= 0.3 is 5.97 Å². The molecule has 2 heterocycles. The lowest BCUT2D eigenvalue weighted by Gasteiger charge is -2.41. The maximum Gasteiger partial charge on any atom is 0.320 e. The molecule has 172 valence electrons. The maximum atomic E-state index is 17.1. The van der Waals surface area contributed by atoms with Crippen molar-refractivity contribution in [3.05, 3.63) is 57.0 Å². The molecule has 1 unspecified atom stereocenters. The zero-order chi connectivity index (χ0) is 23.6. The van der Waals surface area contributed by atoms with Gasteiger partial charge in [-0.3, -0.25) is 9.59 Å². The van der Waals surface area contributed by atoms with Crippen LogP contribution in [-0.4, -0.2) is 29.1 Å². The lowest BCUT2D eigenvalue weighted by atomic mass is 9.62. The molecule has 1 amide bonds. The van der Waals surface area contributed by atoms with E-state index >= 15 is 8.78 Å². The summed E-state index contributed by atoms with van der Waals surface area (Å²) in [6.07, 6.45) is 1.31. The highest BCUT2D eigenvalue weighted by molar-refractivity contribution is 6.31. The Morgan fingerprint density at radius 2 is 2.00 bits per heavy atom. The Balaban J connectivity index is 1.97. The van der Waals surface area contributed by atoms with Crippen LogP contribution in [0.4, 0.5) is 8.78 Å². The Kier molecular flexibility index (Phi) is 5.47. The molecule has 4 atom stereocenters. The Bertz CT molecular complexity index is 1080. The van der Waals surface area contributed by atoms with Gasteiger partial charge in [0, 0.05) is 34.3 Å². The number of carboxylic acid groups (broad SMARTS) is 1. The standard InChI is InChI=1S/C23H24Cl2F2N2O3/c1-21(2,3)10-16-22(9-15(28-16)19(30)31)18-14(29-20(22)32)7-11(24)8-23(18,27)12-5-4-6-13(25)17(12)26/h4-7,15-16,28H,8-10H2,1-3H3,(H,29,32)(H,30,31)/t15-,16+,22?,23-/m1/s1. The van der Waals surface area contributed by atoms with Crippen molar-refractivity contribution >= 4 is 35.1 Å². The lowest BCUT2D eigenvalue weighted by molar-refractivity contribution is -0.139. The third-order valence-electron chi connectivity index (χ3n) is 6.49. The summed E-state index contributed by atoms with van der Waals surface area (Å²) in [5, 5.41) is 15.3. The van der Waals surface area contributed by atoms with Crippen molar-refractivity contribution < 1.29 is 23.5 Å². The molecule has 5 nitrogen and oxygen atoms in total. The fourth-order valence-electron chi connectivity index (χ4n) is 5.33. The van der Waals surface area contributed by atoms with Crippen LogP contribution in [0.25, 0.3) is 0 Å². The molecule has 0 aromatic heterocycles. The topological polar surface area (TPSA) is 78.4 Å². The predicted molar refractivity (Wildman–Crippen MR) is 117 cm³/mol. The van der Waals surface area contributed by atoms with E-state index in [-0.39, 0.29) is 45.1 Å². The molecule has 3 N–H and O–H groups in total. The summed E-state index contributed by atoms with van der Waals surface area (Å²) in [7, 11) is 0. The number of hydrogen-bond donors (Lipinski definition) is 3. The first kappa shape index (κ1) is 23.2. The second-order valence-corrected chi connectivity index (χ2v) is 10.9.